The first-order valence-corrected chi connectivity index (χ1v) is 9.06. The summed E-state index contributed by atoms with van der Waals surface area (Å²) in [5, 5.41) is 3.83. The molecule has 0 aliphatic carbocycles. The molecule has 24 heavy (non-hydrogen) atoms. The zero-order valence-corrected chi connectivity index (χ0v) is 16.2. The first kappa shape index (κ1) is 20.8. The summed E-state index contributed by atoms with van der Waals surface area (Å²) in [4.78, 5) is 26.5. The van der Waals surface area contributed by atoms with Crippen molar-refractivity contribution in [3.8, 4) is 0 Å². The Bertz CT molecular complexity index is 576. The van der Waals surface area contributed by atoms with Gasteiger partial charge in [-0.15, -0.1) is 0 Å². The number of nitrogens with one attached hydrogen (secondary N) is 1. The highest BCUT2D eigenvalue weighted by atomic mass is 35.5. The standard InChI is InChI=1S/C18H26Cl2N2O2/c1-5-16(18(24)21-10-12(3)4)22(17(23)6-2)11-13-7-8-14(19)15(20)9-13/h7-9,12,16H,5-6,10-11H2,1-4H3,(H,21,24)/t16-/m0/s1. The molecular weight excluding hydrogens is 347 g/mol. The minimum absolute atomic E-state index is 0.0624. The molecule has 0 unspecified atom stereocenters. The molecule has 4 nitrogen and oxygen atoms in total. The summed E-state index contributed by atoms with van der Waals surface area (Å²) in [5.74, 6) is 0.178. The van der Waals surface area contributed by atoms with E-state index in [1.54, 1.807) is 24.0 Å². The lowest BCUT2D eigenvalue weighted by molar-refractivity contribution is -0.141. The Balaban J connectivity index is 2.98. The van der Waals surface area contributed by atoms with Gasteiger partial charge in [0.25, 0.3) is 0 Å². The first-order valence-electron chi connectivity index (χ1n) is 8.31. The van der Waals surface area contributed by atoms with Crippen molar-refractivity contribution in [2.75, 3.05) is 6.54 Å². The van der Waals surface area contributed by atoms with Crippen LogP contribution in [0.25, 0.3) is 0 Å². The molecule has 0 heterocycles. The van der Waals surface area contributed by atoms with Gasteiger partial charge < -0.3 is 10.2 Å². The van der Waals surface area contributed by atoms with Gasteiger partial charge in [-0.3, -0.25) is 9.59 Å². The van der Waals surface area contributed by atoms with Gasteiger partial charge >= 0.3 is 0 Å². The lowest BCUT2D eigenvalue weighted by Crippen LogP contribution is -2.49. The Labute approximate surface area is 154 Å². The molecule has 0 spiro atoms. The smallest absolute Gasteiger partial charge is 0.242 e. The molecule has 1 aromatic rings. The number of benzene rings is 1. The molecule has 2 amide bonds. The number of amides is 2. The summed E-state index contributed by atoms with van der Waals surface area (Å²) in [6, 6.07) is 4.76. The Morgan fingerprint density at radius 2 is 1.83 bits per heavy atom. The average Bonchev–Trinajstić information content (AvgIpc) is 2.55. The third-order valence-electron chi connectivity index (χ3n) is 3.71. The Morgan fingerprint density at radius 3 is 2.33 bits per heavy atom. The van der Waals surface area contributed by atoms with Crippen molar-refractivity contribution in [1.29, 1.82) is 0 Å². The second-order valence-electron chi connectivity index (χ2n) is 6.19. The molecule has 6 heteroatoms. The second-order valence-corrected chi connectivity index (χ2v) is 7.00. The summed E-state index contributed by atoms with van der Waals surface area (Å²) < 4.78 is 0. The summed E-state index contributed by atoms with van der Waals surface area (Å²) >= 11 is 12.0. The Kier molecular flexibility index (Phi) is 8.57. The number of carbonyl (C=O) groups excluding carboxylic acids is 2. The normalized spacial score (nSPS) is 12.1. The highest BCUT2D eigenvalue weighted by Gasteiger charge is 2.27. The quantitative estimate of drug-likeness (QED) is 0.739. The van der Waals surface area contributed by atoms with Gasteiger partial charge in [-0.1, -0.05) is 57.0 Å². The lowest BCUT2D eigenvalue weighted by Gasteiger charge is -2.30. The zero-order chi connectivity index (χ0) is 18.3. The van der Waals surface area contributed by atoms with E-state index in [1.807, 2.05) is 26.8 Å². The summed E-state index contributed by atoms with van der Waals surface area (Å²) in [5.41, 5.74) is 0.848. The molecule has 0 aliphatic rings. The van der Waals surface area contributed by atoms with Crippen LogP contribution in [0.2, 0.25) is 10.0 Å². The van der Waals surface area contributed by atoms with Crippen molar-refractivity contribution in [3.63, 3.8) is 0 Å². The maximum Gasteiger partial charge on any atom is 0.242 e. The van der Waals surface area contributed by atoms with Crippen LogP contribution in [-0.4, -0.2) is 29.3 Å². The van der Waals surface area contributed by atoms with Crippen molar-refractivity contribution >= 4 is 35.0 Å². The number of nitrogens with zero attached hydrogens (tertiary/aromatic N) is 1. The van der Waals surface area contributed by atoms with Crippen LogP contribution in [0, 0.1) is 5.92 Å². The molecule has 0 fully saturated rings. The van der Waals surface area contributed by atoms with E-state index in [4.69, 9.17) is 23.2 Å². The van der Waals surface area contributed by atoms with E-state index in [1.165, 1.54) is 0 Å². The minimum Gasteiger partial charge on any atom is -0.354 e. The average molecular weight is 373 g/mol. The number of hydrogen-bond donors (Lipinski definition) is 1. The molecule has 0 saturated carbocycles. The summed E-state index contributed by atoms with van der Waals surface area (Å²) in [7, 11) is 0. The van der Waals surface area contributed by atoms with Crippen LogP contribution >= 0.6 is 23.2 Å². The molecule has 0 aliphatic heterocycles. The van der Waals surface area contributed by atoms with Gasteiger partial charge in [0.2, 0.25) is 11.8 Å². The second kappa shape index (κ2) is 9.90. The number of rotatable bonds is 8. The van der Waals surface area contributed by atoms with Gasteiger partial charge in [0.15, 0.2) is 0 Å². The molecule has 134 valence electrons. The first-order chi connectivity index (χ1) is 11.3. The zero-order valence-electron chi connectivity index (χ0n) is 14.7. The molecule has 1 rings (SSSR count). The van der Waals surface area contributed by atoms with E-state index in [0.29, 0.717) is 41.9 Å². The van der Waals surface area contributed by atoms with Crippen molar-refractivity contribution in [2.45, 2.75) is 53.1 Å². The molecule has 0 radical (unpaired) electrons. The highest BCUT2D eigenvalue weighted by molar-refractivity contribution is 6.42. The monoisotopic (exact) mass is 372 g/mol. The predicted molar refractivity (Wildman–Crippen MR) is 99.2 cm³/mol. The van der Waals surface area contributed by atoms with Crippen molar-refractivity contribution in [1.82, 2.24) is 10.2 Å². The highest BCUT2D eigenvalue weighted by Crippen LogP contribution is 2.24. The fraction of sp³-hybridized carbons (Fsp3) is 0.556. The SMILES string of the molecule is CCC(=O)N(Cc1ccc(Cl)c(Cl)c1)[C@@H](CC)C(=O)NCC(C)C. The van der Waals surface area contributed by atoms with Crippen LogP contribution < -0.4 is 5.32 Å². The van der Waals surface area contributed by atoms with Crippen LogP contribution in [0.4, 0.5) is 0 Å². The maximum atomic E-state index is 12.5. The van der Waals surface area contributed by atoms with Crippen LogP contribution in [0.3, 0.4) is 0 Å². The minimum atomic E-state index is -0.495. The van der Waals surface area contributed by atoms with Gasteiger partial charge in [0.05, 0.1) is 10.0 Å². The van der Waals surface area contributed by atoms with Gasteiger partial charge in [0, 0.05) is 19.5 Å². The number of halogens is 2. The molecule has 0 bridgehead atoms. The summed E-state index contributed by atoms with van der Waals surface area (Å²) in [6.07, 6.45) is 0.895. The summed E-state index contributed by atoms with van der Waals surface area (Å²) in [6.45, 7) is 8.69. The number of carbonyl (C=O) groups is 2. The molecular formula is C18H26Cl2N2O2. The van der Waals surface area contributed by atoms with E-state index in [2.05, 4.69) is 5.32 Å². The lowest BCUT2D eigenvalue weighted by atomic mass is 10.1. The van der Waals surface area contributed by atoms with E-state index < -0.39 is 6.04 Å². The van der Waals surface area contributed by atoms with Crippen molar-refractivity contribution < 1.29 is 9.59 Å². The van der Waals surface area contributed by atoms with E-state index in [0.717, 1.165) is 5.56 Å². The third kappa shape index (κ3) is 5.99. The maximum absolute atomic E-state index is 12.5. The molecule has 0 saturated heterocycles. The molecule has 1 N–H and O–H groups in total. The van der Waals surface area contributed by atoms with Crippen LogP contribution in [0.5, 0.6) is 0 Å². The van der Waals surface area contributed by atoms with Crippen LogP contribution in [0.15, 0.2) is 18.2 Å². The molecule has 1 atom stereocenters. The molecule has 0 aromatic heterocycles. The largest absolute Gasteiger partial charge is 0.354 e. The van der Waals surface area contributed by atoms with Crippen LogP contribution in [-0.2, 0) is 16.1 Å². The topological polar surface area (TPSA) is 49.4 Å². The predicted octanol–water partition coefficient (Wildman–Crippen LogP) is 4.28. The fourth-order valence-electron chi connectivity index (χ4n) is 2.38. The van der Waals surface area contributed by atoms with Crippen molar-refractivity contribution in [3.05, 3.63) is 33.8 Å². The third-order valence-corrected chi connectivity index (χ3v) is 4.45. The van der Waals surface area contributed by atoms with E-state index in [-0.39, 0.29) is 11.8 Å². The van der Waals surface area contributed by atoms with Gasteiger partial charge in [0.1, 0.15) is 6.04 Å². The number of hydrogen-bond acceptors (Lipinski definition) is 2. The van der Waals surface area contributed by atoms with Crippen molar-refractivity contribution in [2.24, 2.45) is 5.92 Å². The molecule has 1 aromatic carbocycles. The van der Waals surface area contributed by atoms with Gasteiger partial charge in [-0.2, -0.15) is 0 Å². The Hall–Kier alpha value is -1.26. The van der Waals surface area contributed by atoms with Crippen LogP contribution in [0.1, 0.15) is 46.1 Å². The van der Waals surface area contributed by atoms with Gasteiger partial charge in [-0.25, -0.2) is 0 Å². The Morgan fingerprint density at radius 1 is 1.17 bits per heavy atom. The van der Waals surface area contributed by atoms with E-state index >= 15 is 0 Å². The fourth-order valence-corrected chi connectivity index (χ4v) is 2.70. The van der Waals surface area contributed by atoms with Gasteiger partial charge in [-0.05, 0) is 30.0 Å². The van der Waals surface area contributed by atoms with E-state index in [9.17, 15) is 9.59 Å².